The van der Waals surface area contributed by atoms with Crippen LogP contribution >= 0.6 is 0 Å². The van der Waals surface area contributed by atoms with Crippen LogP contribution in [0.4, 0.5) is 5.82 Å². The number of pyridine rings is 1. The molecule has 0 atom stereocenters. The molecule has 10 nitrogen and oxygen atoms in total. The molecule has 1 saturated heterocycles. The maximum Gasteiger partial charge on any atom is 0.273 e. The minimum atomic E-state index is -0.288. The average Bonchev–Trinajstić information content (AvgIpc) is 3.33. The van der Waals surface area contributed by atoms with Crippen molar-refractivity contribution in [3.8, 4) is 11.3 Å². The number of fused-ring (bicyclic) bond motifs is 1. The normalized spacial score (nSPS) is 13.7. The van der Waals surface area contributed by atoms with E-state index in [-0.39, 0.29) is 17.5 Å². The smallest absolute Gasteiger partial charge is 0.273 e. The van der Waals surface area contributed by atoms with Gasteiger partial charge in [0.05, 0.1) is 19.0 Å². The van der Waals surface area contributed by atoms with Crippen LogP contribution in [0, 0.1) is 0 Å². The van der Waals surface area contributed by atoms with Gasteiger partial charge in [-0.15, -0.1) is 0 Å². The van der Waals surface area contributed by atoms with Gasteiger partial charge in [0.25, 0.3) is 11.8 Å². The number of ether oxygens (including phenoxy) is 1. The van der Waals surface area contributed by atoms with Gasteiger partial charge in [0.1, 0.15) is 28.5 Å². The highest BCUT2D eigenvalue weighted by Crippen LogP contribution is 2.26. The second kappa shape index (κ2) is 10.5. The molecule has 1 aliphatic heterocycles. The van der Waals surface area contributed by atoms with Crippen molar-refractivity contribution in [2.24, 2.45) is 0 Å². The van der Waals surface area contributed by atoms with Crippen LogP contribution in [0.2, 0.25) is 0 Å². The molecule has 4 aromatic rings. The standard InChI is InChI=1S/C26H27N7O3/c1-36-16-10-27-25(34)20-17-29-22(18-28-20)31-12-14-32(15-13-31)26(35)24-23(19-7-3-2-4-8-19)30-21-9-5-6-11-33(21)24/h2-9,11,17-18H,10,12-16H2,1H3,(H,27,34). The van der Waals surface area contributed by atoms with Crippen molar-refractivity contribution in [3.05, 3.63) is 78.5 Å². The molecule has 0 radical (unpaired) electrons. The van der Waals surface area contributed by atoms with Crippen LogP contribution in [-0.4, -0.2) is 82.5 Å². The highest BCUT2D eigenvalue weighted by Gasteiger charge is 2.28. The summed E-state index contributed by atoms with van der Waals surface area (Å²) >= 11 is 0. The van der Waals surface area contributed by atoms with Crippen LogP contribution in [0.1, 0.15) is 21.0 Å². The molecule has 1 aromatic carbocycles. The number of hydrogen-bond acceptors (Lipinski definition) is 7. The van der Waals surface area contributed by atoms with Crippen LogP contribution in [0.25, 0.3) is 16.9 Å². The summed E-state index contributed by atoms with van der Waals surface area (Å²) in [4.78, 5) is 43.2. The van der Waals surface area contributed by atoms with E-state index < -0.39 is 0 Å². The Hall–Kier alpha value is -4.31. The fourth-order valence-corrected chi connectivity index (χ4v) is 4.24. The molecule has 0 bridgehead atoms. The summed E-state index contributed by atoms with van der Waals surface area (Å²) in [7, 11) is 1.58. The van der Waals surface area contributed by atoms with E-state index in [2.05, 4.69) is 20.2 Å². The molecule has 0 unspecified atom stereocenters. The number of piperazine rings is 1. The minimum Gasteiger partial charge on any atom is -0.383 e. The van der Waals surface area contributed by atoms with Gasteiger partial charge >= 0.3 is 0 Å². The van der Waals surface area contributed by atoms with Crippen LogP contribution < -0.4 is 10.2 Å². The van der Waals surface area contributed by atoms with E-state index in [1.54, 1.807) is 13.3 Å². The highest BCUT2D eigenvalue weighted by atomic mass is 16.5. The summed E-state index contributed by atoms with van der Waals surface area (Å²) < 4.78 is 6.80. The molecule has 3 aromatic heterocycles. The van der Waals surface area contributed by atoms with E-state index in [1.807, 2.05) is 64.0 Å². The SMILES string of the molecule is COCCNC(=O)c1cnc(N2CCN(C(=O)c3c(-c4ccccc4)nc4ccccn34)CC2)cn1. The molecule has 10 heteroatoms. The molecule has 184 valence electrons. The number of methoxy groups -OCH3 is 1. The number of anilines is 1. The Morgan fingerprint density at radius 1 is 0.972 bits per heavy atom. The number of amides is 2. The van der Waals surface area contributed by atoms with Gasteiger partial charge in [0.15, 0.2) is 0 Å². The lowest BCUT2D eigenvalue weighted by molar-refractivity contribution is 0.0740. The fraction of sp³-hybridized carbons (Fsp3) is 0.269. The maximum absolute atomic E-state index is 13.7. The van der Waals surface area contributed by atoms with Gasteiger partial charge in [0, 0.05) is 51.6 Å². The van der Waals surface area contributed by atoms with Crippen molar-refractivity contribution >= 4 is 23.3 Å². The van der Waals surface area contributed by atoms with Crippen molar-refractivity contribution in [2.45, 2.75) is 0 Å². The van der Waals surface area contributed by atoms with Crippen molar-refractivity contribution in [1.29, 1.82) is 0 Å². The Balaban J connectivity index is 1.29. The Labute approximate surface area is 208 Å². The quantitative estimate of drug-likeness (QED) is 0.400. The molecule has 1 fully saturated rings. The first-order valence-electron chi connectivity index (χ1n) is 11.8. The molecule has 4 heterocycles. The summed E-state index contributed by atoms with van der Waals surface area (Å²) in [5, 5.41) is 2.73. The zero-order valence-electron chi connectivity index (χ0n) is 20.0. The number of carbonyl (C=O) groups is 2. The molecule has 2 amide bonds. The number of nitrogens with one attached hydrogen (secondary N) is 1. The summed E-state index contributed by atoms with van der Waals surface area (Å²) in [6.45, 7) is 3.13. The topological polar surface area (TPSA) is 105 Å². The van der Waals surface area contributed by atoms with Crippen molar-refractivity contribution < 1.29 is 14.3 Å². The van der Waals surface area contributed by atoms with E-state index in [9.17, 15) is 9.59 Å². The first kappa shape index (κ1) is 23.4. The van der Waals surface area contributed by atoms with Crippen LogP contribution in [-0.2, 0) is 4.74 Å². The molecular weight excluding hydrogens is 458 g/mol. The number of carbonyl (C=O) groups excluding carboxylic acids is 2. The predicted octanol–water partition coefficient (Wildman–Crippen LogP) is 2.13. The molecule has 1 N–H and O–H groups in total. The number of rotatable bonds is 7. The third-order valence-corrected chi connectivity index (χ3v) is 6.13. The van der Waals surface area contributed by atoms with Gasteiger partial charge in [-0.05, 0) is 12.1 Å². The van der Waals surface area contributed by atoms with Crippen molar-refractivity contribution in [2.75, 3.05) is 51.3 Å². The third-order valence-electron chi connectivity index (χ3n) is 6.13. The van der Waals surface area contributed by atoms with Gasteiger partial charge < -0.3 is 19.9 Å². The van der Waals surface area contributed by atoms with E-state index >= 15 is 0 Å². The van der Waals surface area contributed by atoms with Crippen LogP contribution in [0.3, 0.4) is 0 Å². The molecular formula is C26H27N7O3. The number of benzene rings is 1. The van der Waals surface area contributed by atoms with Crippen LogP contribution in [0.15, 0.2) is 67.1 Å². The first-order valence-corrected chi connectivity index (χ1v) is 11.8. The van der Waals surface area contributed by atoms with Gasteiger partial charge in [-0.25, -0.2) is 15.0 Å². The van der Waals surface area contributed by atoms with Gasteiger partial charge in [-0.3, -0.25) is 14.0 Å². The lowest BCUT2D eigenvalue weighted by Crippen LogP contribution is -2.49. The summed E-state index contributed by atoms with van der Waals surface area (Å²) in [6, 6.07) is 15.5. The highest BCUT2D eigenvalue weighted by molar-refractivity contribution is 6.00. The largest absolute Gasteiger partial charge is 0.383 e. The number of hydrogen-bond donors (Lipinski definition) is 1. The Bertz CT molecular complexity index is 1350. The average molecular weight is 486 g/mol. The van der Waals surface area contributed by atoms with E-state index in [0.29, 0.717) is 56.5 Å². The van der Waals surface area contributed by atoms with Crippen molar-refractivity contribution in [1.82, 2.24) is 29.6 Å². The van der Waals surface area contributed by atoms with E-state index in [0.717, 1.165) is 11.2 Å². The predicted molar refractivity (Wildman–Crippen MR) is 135 cm³/mol. The Kier molecular flexibility index (Phi) is 6.85. The summed E-state index contributed by atoms with van der Waals surface area (Å²) in [6.07, 6.45) is 4.95. The lowest BCUT2D eigenvalue weighted by atomic mass is 10.1. The minimum absolute atomic E-state index is 0.0543. The monoisotopic (exact) mass is 485 g/mol. The summed E-state index contributed by atoms with van der Waals surface area (Å²) in [5.41, 5.74) is 3.14. The van der Waals surface area contributed by atoms with Gasteiger partial charge in [-0.1, -0.05) is 36.4 Å². The molecule has 36 heavy (non-hydrogen) atoms. The van der Waals surface area contributed by atoms with Crippen LogP contribution in [0.5, 0.6) is 0 Å². The second-order valence-corrected chi connectivity index (χ2v) is 8.39. The zero-order valence-corrected chi connectivity index (χ0v) is 20.0. The zero-order chi connectivity index (χ0) is 24.9. The molecule has 0 saturated carbocycles. The van der Waals surface area contributed by atoms with E-state index in [4.69, 9.17) is 9.72 Å². The molecule has 1 aliphatic rings. The molecule has 0 aliphatic carbocycles. The third kappa shape index (κ3) is 4.76. The molecule has 5 rings (SSSR count). The lowest BCUT2D eigenvalue weighted by Gasteiger charge is -2.35. The van der Waals surface area contributed by atoms with Crippen molar-refractivity contribution in [3.63, 3.8) is 0 Å². The van der Waals surface area contributed by atoms with Gasteiger partial charge in [0.2, 0.25) is 0 Å². The first-order chi connectivity index (χ1) is 17.7. The van der Waals surface area contributed by atoms with Gasteiger partial charge in [-0.2, -0.15) is 0 Å². The maximum atomic E-state index is 13.7. The number of imidazole rings is 1. The summed E-state index contributed by atoms with van der Waals surface area (Å²) in [5.74, 6) is 0.334. The molecule has 0 spiro atoms. The Morgan fingerprint density at radius 3 is 2.47 bits per heavy atom. The second-order valence-electron chi connectivity index (χ2n) is 8.39. The Morgan fingerprint density at radius 2 is 1.75 bits per heavy atom. The number of nitrogens with zero attached hydrogens (tertiary/aromatic N) is 6. The van der Waals surface area contributed by atoms with E-state index in [1.165, 1.54) is 6.20 Å². The fourth-order valence-electron chi connectivity index (χ4n) is 4.24. The number of aromatic nitrogens is 4.